The number of aliphatic hydroxyl groups excluding tert-OH is 1. The molecule has 0 fully saturated rings. The maximum Gasteiger partial charge on any atom is 0.472 e. The van der Waals surface area contributed by atoms with Crippen LogP contribution >= 0.6 is 7.82 Å². The average Bonchev–Trinajstić information content (AvgIpc) is 3.41. The number of phosphoric acid groups is 1. The number of carbonyl (C=O) groups excluding carboxylic acids is 3. The van der Waals surface area contributed by atoms with Crippen LogP contribution in [0, 0.1) is 0 Å². The van der Waals surface area contributed by atoms with Gasteiger partial charge in [0.25, 0.3) is 0 Å². The fraction of sp³-hybridized carbons (Fsp3) is 0.766. The van der Waals surface area contributed by atoms with Gasteiger partial charge in [-0.05, 0) is 89.9 Å². The van der Waals surface area contributed by atoms with Gasteiger partial charge in [-0.2, -0.15) is 0 Å². The van der Waals surface area contributed by atoms with Crippen molar-refractivity contribution in [2.75, 3.05) is 26.4 Å². The topological polar surface area (TPSA) is 155 Å². The van der Waals surface area contributed by atoms with Crippen molar-refractivity contribution < 1.29 is 52.2 Å². The average molecular weight is 1090 g/mol. The van der Waals surface area contributed by atoms with Crippen molar-refractivity contribution in [3.8, 4) is 0 Å². The van der Waals surface area contributed by atoms with Crippen molar-refractivity contribution in [2.45, 2.75) is 290 Å². The summed E-state index contributed by atoms with van der Waals surface area (Å²) in [6.45, 7) is 4.49. The zero-order chi connectivity index (χ0) is 55.5. The molecule has 3 atom stereocenters. The first-order valence-corrected chi connectivity index (χ1v) is 32.3. The van der Waals surface area contributed by atoms with Crippen LogP contribution in [-0.4, -0.2) is 66.5 Å². The van der Waals surface area contributed by atoms with Crippen LogP contribution in [0.1, 0.15) is 278 Å². The Labute approximate surface area is 465 Å². The normalized spacial score (nSPS) is 13.8. The summed E-state index contributed by atoms with van der Waals surface area (Å²) in [6, 6.07) is 0. The van der Waals surface area contributed by atoms with Crippen molar-refractivity contribution in [3.63, 3.8) is 0 Å². The van der Waals surface area contributed by atoms with Crippen molar-refractivity contribution in [2.24, 2.45) is 0 Å². The van der Waals surface area contributed by atoms with Crippen LogP contribution in [-0.2, 0) is 42.2 Å². The third kappa shape index (κ3) is 55.7. The number of unbranched alkanes of at least 4 members (excludes halogenated alkanes) is 28. The quantitative estimate of drug-likeness (QED) is 0.0197. The first kappa shape index (κ1) is 72.9. The molecule has 0 rings (SSSR count). The molecule has 11 nitrogen and oxygen atoms in total. The number of ether oxygens (including phenoxy) is 3. The Morgan fingerprint density at radius 1 is 0.382 bits per heavy atom. The molecule has 0 aromatic carbocycles. The summed E-state index contributed by atoms with van der Waals surface area (Å²) < 4.78 is 39.6. The lowest BCUT2D eigenvalue weighted by atomic mass is 10.0. The lowest BCUT2D eigenvalue weighted by Gasteiger charge is -2.21. The molecule has 76 heavy (non-hydrogen) atoms. The zero-order valence-corrected chi connectivity index (χ0v) is 49.6. The Morgan fingerprint density at radius 2 is 0.684 bits per heavy atom. The Balaban J connectivity index is 4.71. The monoisotopic (exact) mass is 1090 g/mol. The summed E-state index contributed by atoms with van der Waals surface area (Å²) in [5.41, 5.74) is 0. The van der Waals surface area contributed by atoms with Gasteiger partial charge in [0.1, 0.15) is 12.7 Å². The van der Waals surface area contributed by atoms with Crippen LogP contribution in [0.15, 0.2) is 72.9 Å². The molecule has 0 aliphatic rings. The van der Waals surface area contributed by atoms with Crippen LogP contribution in [0.3, 0.4) is 0 Å². The van der Waals surface area contributed by atoms with Gasteiger partial charge in [0.15, 0.2) is 6.10 Å². The summed E-state index contributed by atoms with van der Waals surface area (Å²) in [5, 5.41) is 9.84. The first-order chi connectivity index (χ1) is 37.2. The maximum atomic E-state index is 12.9. The Hall–Kier alpha value is -3.08. The van der Waals surface area contributed by atoms with E-state index < -0.39 is 57.8 Å². The van der Waals surface area contributed by atoms with Crippen LogP contribution in [0.4, 0.5) is 0 Å². The highest BCUT2D eigenvalue weighted by Crippen LogP contribution is 2.43. The molecule has 0 heterocycles. The molecule has 0 radical (unpaired) electrons. The number of hydrogen-bond donors (Lipinski definition) is 2. The minimum absolute atomic E-state index is 0.146. The van der Waals surface area contributed by atoms with E-state index in [1.54, 1.807) is 0 Å². The van der Waals surface area contributed by atoms with E-state index in [-0.39, 0.29) is 25.9 Å². The third-order valence-electron chi connectivity index (χ3n) is 13.1. The van der Waals surface area contributed by atoms with Gasteiger partial charge in [0.2, 0.25) is 0 Å². The molecular weight excluding hydrogens is 976 g/mol. The van der Waals surface area contributed by atoms with Gasteiger partial charge < -0.3 is 24.2 Å². The molecule has 0 amide bonds. The number of allylic oxidation sites excluding steroid dienone is 12. The smallest absolute Gasteiger partial charge is 0.462 e. The lowest BCUT2D eigenvalue weighted by molar-refractivity contribution is -0.161. The van der Waals surface area contributed by atoms with E-state index in [0.29, 0.717) is 19.3 Å². The highest BCUT2D eigenvalue weighted by atomic mass is 31.2. The van der Waals surface area contributed by atoms with Gasteiger partial charge in [0.05, 0.1) is 19.8 Å². The van der Waals surface area contributed by atoms with E-state index in [4.69, 9.17) is 23.3 Å². The molecule has 0 saturated carbocycles. The predicted molar refractivity (Wildman–Crippen MR) is 316 cm³/mol. The van der Waals surface area contributed by atoms with Crippen LogP contribution in [0.25, 0.3) is 0 Å². The van der Waals surface area contributed by atoms with Gasteiger partial charge in [-0.25, -0.2) is 4.57 Å². The molecule has 0 aliphatic carbocycles. The van der Waals surface area contributed by atoms with Crippen molar-refractivity contribution in [3.05, 3.63) is 72.9 Å². The molecule has 0 spiro atoms. The number of rotatable bonds is 57. The van der Waals surface area contributed by atoms with E-state index in [2.05, 4.69) is 93.7 Å². The second kappa shape index (κ2) is 58.1. The highest BCUT2D eigenvalue weighted by Gasteiger charge is 2.28. The molecule has 0 saturated heterocycles. The number of hydrogen-bond acceptors (Lipinski definition) is 10. The molecular formula is C64H113O11P. The minimum atomic E-state index is -4.76. The lowest BCUT2D eigenvalue weighted by Crippen LogP contribution is -2.30. The minimum Gasteiger partial charge on any atom is -0.462 e. The Kier molecular flexibility index (Phi) is 55.7. The third-order valence-corrected chi connectivity index (χ3v) is 14.1. The van der Waals surface area contributed by atoms with Gasteiger partial charge in [-0.1, -0.05) is 241 Å². The summed E-state index contributed by atoms with van der Waals surface area (Å²) in [7, 11) is -4.76. The number of esters is 3. The fourth-order valence-electron chi connectivity index (χ4n) is 8.44. The molecule has 3 unspecified atom stereocenters. The summed E-state index contributed by atoms with van der Waals surface area (Å²) in [6.07, 6.45) is 65.7. The van der Waals surface area contributed by atoms with Gasteiger partial charge in [0, 0.05) is 19.3 Å². The standard InChI is InChI=1S/C64H113O11P/c1-4-7-10-13-16-19-22-25-27-29-30-32-34-37-40-43-46-49-52-55-64(68)75-61(57-71-62(66)53-50-47-44-41-38-35-24-21-18-15-12-9-6-3)59-73-76(69,70)72-58-60(56-65)74-63(67)54-51-48-45-42-39-36-33-31-28-26-23-20-17-14-11-8-5-2/h9,12,16,18-19,21,25,27,30,32,35,38,60-61,65H,4-8,10-11,13-15,17,20,22-24,26,28-29,31,33-34,36-37,39-59H2,1-3H3,(H,69,70)/b12-9-,19-16-,21-18-,27-25-,32-30-,38-35-. The van der Waals surface area contributed by atoms with Crippen molar-refractivity contribution in [1.82, 2.24) is 0 Å². The molecule has 440 valence electrons. The molecule has 0 aromatic rings. The van der Waals surface area contributed by atoms with Crippen LogP contribution < -0.4 is 0 Å². The summed E-state index contributed by atoms with van der Waals surface area (Å²) >= 11 is 0. The molecule has 12 heteroatoms. The summed E-state index contributed by atoms with van der Waals surface area (Å²) in [5.74, 6) is -1.51. The van der Waals surface area contributed by atoms with E-state index in [9.17, 15) is 28.9 Å². The van der Waals surface area contributed by atoms with Crippen molar-refractivity contribution in [1.29, 1.82) is 0 Å². The van der Waals surface area contributed by atoms with E-state index in [1.807, 2.05) is 0 Å². The highest BCUT2D eigenvalue weighted by molar-refractivity contribution is 7.47. The number of aliphatic hydroxyl groups is 1. The van der Waals surface area contributed by atoms with Gasteiger partial charge >= 0.3 is 25.7 Å². The van der Waals surface area contributed by atoms with Crippen LogP contribution in [0.2, 0.25) is 0 Å². The maximum absolute atomic E-state index is 12.9. The Morgan fingerprint density at radius 3 is 1.09 bits per heavy atom. The SMILES string of the molecule is CC/C=C\C/C=C\C/C=C\CCCCCC(=O)OCC(COP(=O)(O)OCC(CO)OC(=O)CCCCCCCCCCCCCCCCCCC)OC(=O)CCCCCCCC/C=C\C/C=C\C/C=C\CCCCC. The first-order valence-electron chi connectivity index (χ1n) is 30.8. The number of phosphoric ester groups is 1. The van der Waals surface area contributed by atoms with E-state index in [0.717, 1.165) is 109 Å². The Bertz CT molecular complexity index is 1550. The summed E-state index contributed by atoms with van der Waals surface area (Å²) in [4.78, 5) is 48.6. The zero-order valence-electron chi connectivity index (χ0n) is 48.7. The predicted octanol–water partition coefficient (Wildman–Crippen LogP) is 18.5. The van der Waals surface area contributed by atoms with Gasteiger partial charge in [-0.3, -0.25) is 23.4 Å². The molecule has 0 aliphatic heterocycles. The second-order valence-corrected chi connectivity index (χ2v) is 21.9. The van der Waals surface area contributed by atoms with Crippen LogP contribution in [0.5, 0.6) is 0 Å². The second-order valence-electron chi connectivity index (χ2n) is 20.5. The largest absolute Gasteiger partial charge is 0.472 e. The van der Waals surface area contributed by atoms with E-state index >= 15 is 0 Å². The van der Waals surface area contributed by atoms with Crippen molar-refractivity contribution >= 4 is 25.7 Å². The van der Waals surface area contributed by atoms with Gasteiger partial charge in [-0.15, -0.1) is 0 Å². The fourth-order valence-corrected chi connectivity index (χ4v) is 9.22. The van der Waals surface area contributed by atoms with E-state index in [1.165, 1.54) is 109 Å². The molecule has 0 bridgehead atoms. The molecule has 2 N–H and O–H groups in total. The number of carbonyl (C=O) groups is 3. The molecule has 0 aromatic heterocycles.